The second-order valence-corrected chi connectivity index (χ2v) is 12.3. The molecule has 0 fully saturated rings. The molecule has 208 valence electrons. The number of rotatable bonds is 11. The maximum Gasteiger partial charge on any atom is 0.402 e. The predicted molar refractivity (Wildman–Crippen MR) is 138 cm³/mol. The number of furan rings is 1. The lowest BCUT2D eigenvalue weighted by atomic mass is 9.97. The van der Waals surface area contributed by atoms with Crippen molar-refractivity contribution in [1.82, 2.24) is 19.5 Å². The van der Waals surface area contributed by atoms with Crippen LogP contribution in [-0.2, 0) is 39.2 Å². The van der Waals surface area contributed by atoms with Gasteiger partial charge in [0.25, 0.3) is 0 Å². The van der Waals surface area contributed by atoms with Crippen molar-refractivity contribution in [2.45, 2.75) is 55.0 Å². The molecule has 0 saturated carbocycles. The van der Waals surface area contributed by atoms with Crippen molar-refractivity contribution in [2.75, 3.05) is 19.3 Å². The van der Waals surface area contributed by atoms with Gasteiger partial charge in [-0.05, 0) is 17.5 Å². The molecular weight excluding hydrogens is 517 g/mol. The third kappa shape index (κ3) is 6.97. The molecule has 0 spiro atoms. The second kappa shape index (κ2) is 11.6. The van der Waals surface area contributed by atoms with Crippen LogP contribution in [-0.4, -0.2) is 45.0 Å². The molecule has 0 aliphatic rings. The van der Waals surface area contributed by atoms with E-state index in [0.29, 0.717) is 23.5 Å². The van der Waals surface area contributed by atoms with Crippen LogP contribution >= 0.6 is 7.60 Å². The zero-order valence-electron chi connectivity index (χ0n) is 22.6. The third-order valence-electron chi connectivity index (χ3n) is 5.07. The average molecular weight is 552 g/mol. The second-order valence-electron chi connectivity index (χ2n) is 10.4. The lowest BCUT2D eigenvalue weighted by Gasteiger charge is -2.20. The Morgan fingerprint density at radius 3 is 2.13 bits per heavy atom. The molecule has 3 rings (SSSR count). The fraction of sp³-hybridized carbons (Fsp3) is 0.542. The monoisotopic (exact) mass is 551 g/mol. The highest BCUT2D eigenvalue weighted by Crippen LogP contribution is 2.48. The van der Waals surface area contributed by atoms with Crippen LogP contribution in [0, 0.1) is 17.3 Å². The number of nitrogens with two attached hydrogens (primary N) is 1. The van der Waals surface area contributed by atoms with Gasteiger partial charge in [-0.3, -0.25) is 23.2 Å². The van der Waals surface area contributed by atoms with Gasteiger partial charge >= 0.3 is 19.5 Å². The van der Waals surface area contributed by atoms with E-state index in [1.54, 1.807) is 33.8 Å². The van der Waals surface area contributed by atoms with E-state index in [1.165, 1.54) is 12.4 Å². The van der Waals surface area contributed by atoms with Crippen LogP contribution in [0.1, 0.15) is 48.5 Å². The van der Waals surface area contributed by atoms with Crippen LogP contribution in [0.25, 0.3) is 22.7 Å². The smallest absolute Gasteiger partial charge is 0.402 e. The molecular formula is C24H34N5O8P. The zero-order chi connectivity index (χ0) is 28.3. The van der Waals surface area contributed by atoms with Crippen LogP contribution in [0.5, 0.6) is 0 Å². The first kappa shape index (κ1) is 29.3. The molecule has 13 nitrogen and oxygen atoms in total. The van der Waals surface area contributed by atoms with Crippen LogP contribution in [0.4, 0.5) is 5.82 Å². The van der Waals surface area contributed by atoms with Crippen LogP contribution < -0.4 is 11.2 Å². The maximum atomic E-state index is 13.7. The van der Waals surface area contributed by atoms with Gasteiger partial charge in [-0.1, -0.05) is 48.5 Å². The highest BCUT2D eigenvalue weighted by molar-refractivity contribution is 7.61. The van der Waals surface area contributed by atoms with Crippen molar-refractivity contribution in [1.29, 1.82) is 0 Å². The quantitative estimate of drug-likeness (QED) is 0.207. The Hall–Kier alpha value is -3.28. The van der Waals surface area contributed by atoms with Gasteiger partial charge < -0.3 is 24.2 Å². The minimum Gasteiger partial charge on any atom is -0.445 e. The van der Waals surface area contributed by atoms with Crippen molar-refractivity contribution in [2.24, 2.45) is 17.3 Å². The van der Waals surface area contributed by atoms with Gasteiger partial charge in [-0.2, -0.15) is 0 Å². The number of nitrogens with zero attached hydrogens (tertiary/aromatic N) is 4. The van der Waals surface area contributed by atoms with Crippen LogP contribution in [0.2, 0.25) is 0 Å². The Balaban J connectivity index is 1.96. The molecule has 0 radical (unpaired) electrons. The van der Waals surface area contributed by atoms with Crippen molar-refractivity contribution < 1.29 is 37.1 Å². The first-order valence-corrected chi connectivity index (χ1v) is 13.6. The number of nitrogen functional groups attached to an aromatic ring is 1. The Bertz CT molecular complexity index is 1310. The van der Waals surface area contributed by atoms with Crippen molar-refractivity contribution in [3.05, 3.63) is 18.5 Å². The first-order valence-electron chi connectivity index (χ1n) is 12.0. The molecule has 3 aromatic rings. The van der Waals surface area contributed by atoms with Gasteiger partial charge in [-0.15, -0.1) is 0 Å². The minimum absolute atomic E-state index is 0.167. The highest BCUT2D eigenvalue weighted by Gasteiger charge is 2.35. The summed E-state index contributed by atoms with van der Waals surface area (Å²) in [6.07, 6.45) is 1.35. The summed E-state index contributed by atoms with van der Waals surface area (Å²) in [5.41, 5.74) is 6.56. The van der Waals surface area contributed by atoms with E-state index in [1.807, 2.05) is 25.3 Å². The van der Waals surface area contributed by atoms with Gasteiger partial charge in [0, 0.05) is 6.54 Å². The topological polar surface area (TPSA) is 171 Å². The lowest BCUT2D eigenvalue weighted by Crippen LogP contribution is -2.18. The number of anilines is 1. The molecule has 3 heterocycles. The summed E-state index contributed by atoms with van der Waals surface area (Å²) in [5, 5.41) is 0. The van der Waals surface area contributed by atoms with Crippen molar-refractivity contribution in [3.63, 3.8) is 0 Å². The van der Waals surface area contributed by atoms with E-state index in [2.05, 4.69) is 15.0 Å². The SMILES string of the molecule is CC(C)C(=O)OCOP(=O)(OCOC(=O)C(C)C)c1ccc(-c2nc3c(N)ncnc3n2CC(C)(C)C)o1. The van der Waals surface area contributed by atoms with Gasteiger partial charge in [-0.25, -0.2) is 15.0 Å². The van der Waals surface area contributed by atoms with Gasteiger partial charge in [0.2, 0.25) is 19.1 Å². The number of carbonyl (C=O) groups excluding carboxylic acids is 2. The van der Waals surface area contributed by atoms with E-state index in [-0.39, 0.29) is 22.5 Å². The van der Waals surface area contributed by atoms with Crippen molar-refractivity contribution in [3.8, 4) is 11.6 Å². The van der Waals surface area contributed by atoms with Gasteiger partial charge in [0.1, 0.15) is 6.33 Å². The van der Waals surface area contributed by atoms with Crippen molar-refractivity contribution >= 4 is 42.0 Å². The Kier molecular flexibility index (Phi) is 8.96. The van der Waals surface area contributed by atoms with E-state index in [0.717, 1.165) is 0 Å². The maximum absolute atomic E-state index is 13.7. The molecule has 0 aliphatic carbocycles. The number of aromatic nitrogens is 4. The largest absolute Gasteiger partial charge is 0.445 e. The standard InChI is InChI=1S/C24H34N5O8P/c1-14(2)22(30)33-12-35-38(32,36-13-34-23(31)15(3)4)17-9-8-16(37-17)20-28-18-19(25)26-11-27-21(18)29(20)10-24(5,6)7/h8-9,11,14-15H,10,12-13H2,1-7H3,(H2,25,26,27). The molecule has 0 unspecified atom stereocenters. The number of fused-ring (bicyclic) bond motifs is 1. The van der Waals surface area contributed by atoms with Gasteiger partial charge in [0.05, 0.1) is 11.8 Å². The summed E-state index contributed by atoms with van der Waals surface area (Å²) in [4.78, 5) is 36.6. The lowest BCUT2D eigenvalue weighted by molar-refractivity contribution is -0.156. The number of hydrogen-bond acceptors (Lipinski definition) is 12. The number of hydrogen-bond donors (Lipinski definition) is 1. The molecule has 0 saturated heterocycles. The summed E-state index contributed by atoms with van der Waals surface area (Å²) >= 11 is 0. The fourth-order valence-electron chi connectivity index (χ4n) is 3.17. The Morgan fingerprint density at radius 2 is 1.61 bits per heavy atom. The fourth-order valence-corrected chi connectivity index (χ4v) is 4.35. The summed E-state index contributed by atoms with van der Waals surface area (Å²) in [6.45, 7) is 11.9. The summed E-state index contributed by atoms with van der Waals surface area (Å²) < 4.78 is 42.1. The average Bonchev–Trinajstić information content (AvgIpc) is 3.44. The van der Waals surface area contributed by atoms with Gasteiger partial charge in [0.15, 0.2) is 28.6 Å². The molecule has 0 aliphatic heterocycles. The van der Waals surface area contributed by atoms with E-state index in [4.69, 9.17) is 28.7 Å². The van der Waals surface area contributed by atoms with E-state index < -0.39 is 45.0 Å². The highest BCUT2D eigenvalue weighted by atomic mass is 31.2. The number of ether oxygens (including phenoxy) is 2. The molecule has 0 atom stereocenters. The van der Waals surface area contributed by atoms with Crippen LogP contribution in [0.3, 0.4) is 0 Å². The molecule has 2 N–H and O–H groups in total. The zero-order valence-corrected chi connectivity index (χ0v) is 23.5. The summed E-state index contributed by atoms with van der Waals surface area (Å²) in [6, 6.07) is 2.93. The summed E-state index contributed by atoms with van der Waals surface area (Å²) in [5.74, 6) is -1.16. The Labute approximate surface area is 220 Å². The molecule has 0 bridgehead atoms. The normalized spacial score (nSPS) is 12.4. The molecule has 14 heteroatoms. The molecule has 3 aromatic heterocycles. The number of imidazole rings is 1. The first-order chi connectivity index (χ1) is 17.7. The molecule has 0 amide bonds. The van der Waals surface area contributed by atoms with E-state index in [9.17, 15) is 14.2 Å². The molecule has 38 heavy (non-hydrogen) atoms. The minimum atomic E-state index is -4.26. The van der Waals surface area contributed by atoms with Crippen LogP contribution in [0.15, 0.2) is 22.9 Å². The third-order valence-corrected chi connectivity index (χ3v) is 6.74. The molecule has 0 aromatic carbocycles. The number of esters is 2. The number of carbonyl (C=O) groups is 2. The Morgan fingerprint density at radius 1 is 1.03 bits per heavy atom. The van der Waals surface area contributed by atoms with E-state index >= 15 is 0 Å². The predicted octanol–water partition coefficient (Wildman–Crippen LogP) is 3.88. The summed E-state index contributed by atoms with van der Waals surface area (Å²) in [7, 11) is -4.26.